The van der Waals surface area contributed by atoms with E-state index in [1.807, 2.05) is 37.3 Å². The average molecular weight is 300 g/mol. The predicted molar refractivity (Wildman–Crippen MR) is 86.5 cm³/mol. The van der Waals surface area contributed by atoms with Crippen LogP contribution in [-0.2, 0) is 14.3 Å². The Morgan fingerprint density at radius 1 is 1.27 bits per heavy atom. The lowest BCUT2D eigenvalue weighted by Crippen LogP contribution is -2.18. The number of carbonyl (C=O) groups excluding carboxylic acids is 2. The average Bonchev–Trinajstić information content (AvgIpc) is 2.78. The van der Waals surface area contributed by atoms with Crippen LogP contribution in [0.15, 0.2) is 41.5 Å². The first-order valence-corrected chi connectivity index (χ1v) is 7.73. The van der Waals surface area contributed by atoms with Gasteiger partial charge in [0.15, 0.2) is 5.78 Å². The summed E-state index contributed by atoms with van der Waals surface area (Å²) in [6.45, 7) is 6.20. The Balaban J connectivity index is 2.49. The summed E-state index contributed by atoms with van der Waals surface area (Å²) in [6, 6.07) is 9.87. The molecular weight excluding hydrogens is 276 g/mol. The molecule has 0 bridgehead atoms. The largest absolute Gasteiger partial charge is 0.469 e. The Hall–Kier alpha value is -1.90. The summed E-state index contributed by atoms with van der Waals surface area (Å²) in [6.07, 6.45) is 1.73. The van der Waals surface area contributed by atoms with E-state index in [1.165, 1.54) is 7.11 Å². The first-order chi connectivity index (χ1) is 10.4. The number of allylic oxidation sites excluding steroid dienone is 2. The Bertz CT molecular complexity index is 596. The summed E-state index contributed by atoms with van der Waals surface area (Å²) in [4.78, 5) is 24.2. The van der Waals surface area contributed by atoms with E-state index in [2.05, 4.69) is 13.8 Å². The lowest BCUT2D eigenvalue weighted by Gasteiger charge is -2.26. The van der Waals surface area contributed by atoms with Crippen molar-refractivity contribution in [2.75, 3.05) is 7.11 Å². The lowest BCUT2D eigenvalue weighted by molar-refractivity contribution is -0.140. The summed E-state index contributed by atoms with van der Waals surface area (Å²) >= 11 is 0. The molecule has 0 heterocycles. The summed E-state index contributed by atoms with van der Waals surface area (Å²) < 4.78 is 4.85. The standard InChI is InChI=1S/C19H24O3/c1-13(18-16(20)10-11-19(18,2)3)15(12-17(21)22-4)14-8-6-5-7-9-14/h5-9,15H,10-12H2,1-4H3/b18-13+. The molecule has 1 aromatic rings. The monoisotopic (exact) mass is 300 g/mol. The molecule has 1 unspecified atom stereocenters. The number of hydrogen-bond donors (Lipinski definition) is 0. The summed E-state index contributed by atoms with van der Waals surface area (Å²) in [5.41, 5.74) is 2.83. The van der Waals surface area contributed by atoms with Gasteiger partial charge in [-0.15, -0.1) is 0 Å². The second-order valence-electron chi connectivity index (χ2n) is 6.61. The van der Waals surface area contributed by atoms with Crippen LogP contribution in [0.2, 0.25) is 0 Å². The van der Waals surface area contributed by atoms with Crippen LogP contribution >= 0.6 is 0 Å². The van der Waals surface area contributed by atoms with E-state index in [0.717, 1.165) is 23.1 Å². The number of esters is 1. The van der Waals surface area contributed by atoms with Gasteiger partial charge in [-0.25, -0.2) is 0 Å². The van der Waals surface area contributed by atoms with Crippen molar-refractivity contribution in [2.45, 2.75) is 46.0 Å². The Morgan fingerprint density at radius 3 is 2.41 bits per heavy atom. The Labute approximate surface area is 132 Å². The van der Waals surface area contributed by atoms with Gasteiger partial charge in [0.2, 0.25) is 0 Å². The second-order valence-corrected chi connectivity index (χ2v) is 6.61. The number of rotatable bonds is 4. The normalized spacial score (nSPS) is 20.6. The van der Waals surface area contributed by atoms with Gasteiger partial charge in [-0.1, -0.05) is 49.8 Å². The molecule has 1 fully saturated rings. The van der Waals surface area contributed by atoms with E-state index in [9.17, 15) is 9.59 Å². The minimum absolute atomic E-state index is 0.107. The minimum Gasteiger partial charge on any atom is -0.469 e. The van der Waals surface area contributed by atoms with E-state index in [1.54, 1.807) is 0 Å². The number of ketones is 1. The first-order valence-electron chi connectivity index (χ1n) is 7.73. The van der Waals surface area contributed by atoms with Gasteiger partial charge in [0.1, 0.15) is 0 Å². The number of benzene rings is 1. The molecule has 1 aliphatic rings. The molecule has 1 aliphatic carbocycles. The second kappa shape index (κ2) is 6.47. The van der Waals surface area contributed by atoms with Crippen molar-refractivity contribution in [3.8, 4) is 0 Å². The molecule has 1 atom stereocenters. The highest BCUT2D eigenvalue weighted by atomic mass is 16.5. The molecule has 2 rings (SSSR count). The van der Waals surface area contributed by atoms with E-state index in [0.29, 0.717) is 6.42 Å². The molecule has 0 radical (unpaired) electrons. The fourth-order valence-electron chi connectivity index (χ4n) is 3.44. The molecule has 0 saturated heterocycles. The topological polar surface area (TPSA) is 43.4 Å². The molecule has 0 N–H and O–H groups in total. The van der Waals surface area contributed by atoms with Crippen LogP contribution in [0, 0.1) is 5.41 Å². The molecular formula is C19H24O3. The predicted octanol–water partition coefficient (Wildman–Crippen LogP) is 4.04. The van der Waals surface area contributed by atoms with Crippen LogP contribution in [0.3, 0.4) is 0 Å². The third-order valence-corrected chi connectivity index (χ3v) is 4.65. The number of ether oxygens (including phenoxy) is 1. The molecule has 1 aromatic carbocycles. The molecule has 22 heavy (non-hydrogen) atoms. The molecule has 0 aromatic heterocycles. The van der Waals surface area contributed by atoms with Gasteiger partial charge in [0.25, 0.3) is 0 Å². The Kier molecular flexibility index (Phi) is 4.84. The van der Waals surface area contributed by atoms with Gasteiger partial charge in [-0.2, -0.15) is 0 Å². The van der Waals surface area contributed by atoms with Crippen LogP contribution in [0.25, 0.3) is 0 Å². The van der Waals surface area contributed by atoms with Crippen molar-refractivity contribution >= 4 is 11.8 Å². The molecule has 3 nitrogen and oxygen atoms in total. The van der Waals surface area contributed by atoms with Gasteiger partial charge < -0.3 is 4.74 Å². The zero-order valence-corrected chi connectivity index (χ0v) is 13.8. The van der Waals surface area contributed by atoms with Crippen molar-refractivity contribution in [2.24, 2.45) is 5.41 Å². The van der Waals surface area contributed by atoms with Crippen LogP contribution < -0.4 is 0 Å². The van der Waals surface area contributed by atoms with E-state index in [4.69, 9.17) is 4.74 Å². The van der Waals surface area contributed by atoms with Crippen LogP contribution in [0.1, 0.15) is 51.5 Å². The highest BCUT2D eigenvalue weighted by Crippen LogP contribution is 2.45. The van der Waals surface area contributed by atoms with Crippen LogP contribution in [0.5, 0.6) is 0 Å². The SMILES string of the molecule is COC(=O)CC(/C(C)=C1\C(=O)CCC1(C)C)c1ccccc1. The van der Waals surface area contributed by atoms with Gasteiger partial charge in [0, 0.05) is 17.9 Å². The lowest BCUT2D eigenvalue weighted by atomic mass is 9.78. The van der Waals surface area contributed by atoms with E-state index >= 15 is 0 Å². The van der Waals surface area contributed by atoms with Crippen molar-refractivity contribution in [3.05, 3.63) is 47.0 Å². The summed E-state index contributed by atoms with van der Waals surface area (Å²) in [7, 11) is 1.40. The zero-order valence-electron chi connectivity index (χ0n) is 13.8. The van der Waals surface area contributed by atoms with E-state index < -0.39 is 0 Å². The number of Topliss-reactive ketones (excluding diaryl/α,β-unsaturated/α-hetero) is 1. The number of hydrogen-bond acceptors (Lipinski definition) is 3. The molecule has 0 amide bonds. The summed E-state index contributed by atoms with van der Waals surface area (Å²) in [5.74, 6) is -0.143. The fraction of sp³-hybridized carbons (Fsp3) is 0.474. The van der Waals surface area contributed by atoms with Crippen LogP contribution in [0.4, 0.5) is 0 Å². The third kappa shape index (κ3) is 3.29. The van der Waals surface area contributed by atoms with Gasteiger partial charge in [-0.3, -0.25) is 9.59 Å². The Morgan fingerprint density at radius 2 is 1.91 bits per heavy atom. The first kappa shape index (κ1) is 16.5. The maximum atomic E-state index is 12.3. The maximum Gasteiger partial charge on any atom is 0.306 e. The van der Waals surface area contributed by atoms with Crippen molar-refractivity contribution < 1.29 is 14.3 Å². The zero-order chi connectivity index (χ0) is 16.3. The molecule has 0 spiro atoms. The van der Waals surface area contributed by atoms with E-state index in [-0.39, 0.29) is 29.5 Å². The van der Waals surface area contributed by atoms with Gasteiger partial charge in [-0.05, 0) is 24.3 Å². The highest BCUT2D eigenvalue weighted by Gasteiger charge is 2.38. The summed E-state index contributed by atoms with van der Waals surface area (Å²) in [5, 5.41) is 0. The smallest absolute Gasteiger partial charge is 0.306 e. The van der Waals surface area contributed by atoms with Crippen molar-refractivity contribution in [1.29, 1.82) is 0 Å². The molecule has 0 aliphatic heterocycles. The number of carbonyl (C=O) groups is 2. The molecule has 3 heteroatoms. The molecule has 118 valence electrons. The van der Waals surface area contributed by atoms with Gasteiger partial charge >= 0.3 is 5.97 Å². The number of methoxy groups -OCH3 is 1. The van der Waals surface area contributed by atoms with Crippen molar-refractivity contribution in [3.63, 3.8) is 0 Å². The minimum atomic E-state index is -0.253. The third-order valence-electron chi connectivity index (χ3n) is 4.65. The fourth-order valence-corrected chi connectivity index (χ4v) is 3.44. The molecule has 1 saturated carbocycles. The quantitative estimate of drug-likeness (QED) is 0.622. The maximum absolute atomic E-state index is 12.3. The van der Waals surface area contributed by atoms with Crippen LogP contribution in [-0.4, -0.2) is 18.9 Å². The highest BCUT2D eigenvalue weighted by molar-refractivity contribution is 6.00. The van der Waals surface area contributed by atoms with Gasteiger partial charge in [0.05, 0.1) is 13.5 Å². The van der Waals surface area contributed by atoms with Crippen molar-refractivity contribution in [1.82, 2.24) is 0 Å².